The molecule has 4 nitrogen and oxygen atoms in total. The number of ether oxygens (including phenoxy) is 1. The predicted octanol–water partition coefficient (Wildman–Crippen LogP) is 2.33. The van der Waals surface area contributed by atoms with Gasteiger partial charge in [0.1, 0.15) is 0 Å². The van der Waals surface area contributed by atoms with E-state index >= 15 is 0 Å². The Bertz CT molecular complexity index is 491. The maximum atomic E-state index is 13.4. The molecule has 1 aromatic rings. The number of amides is 1. The average molecular weight is 280 g/mol. The Kier molecular flexibility index (Phi) is 4.60. The Morgan fingerprint density at radius 3 is 2.85 bits per heavy atom. The zero-order valence-electron chi connectivity index (χ0n) is 12.1. The zero-order chi connectivity index (χ0) is 14.7. The molecule has 1 fully saturated rings. The molecule has 2 rings (SSSR count). The van der Waals surface area contributed by atoms with Crippen molar-refractivity contribution in [3.63, 3.8) is 0 Å². The van der Waals surface area contributed by atoms with Gasteiger partial charge >= 0.3 is 0 Å². The zero-order valence-corrected chi connectivity index (χ0v) is 12.1. The van der Waals surface area contributed by atoms with Crippen molar-refractivity contribution in [2.24, 2.45) is 0 Å². The van der Waals surface area contributed by atoms with Crippen molar-refractivity contribution >= 4 is 11.6 Å². The van der Waals surface area contributed by atoms with Crippen molar-refractivity contribution in [1.82, 2.24) is 5.32 Å². The molecule has 20 heavy (non-hydrogen) atoms. The van der Waals surface area contributed by atoms with Crippen molar-refractivity contribution in [2.75, 3.05) is 18.6 Å². The smallest absolute Gasteiger partial charge is 0.244 e. The first-order chi connectivity index (χ1) is 9.52. The van der Waals surface area contributed by atoms with Crippen LogP contribution in [0.5, 0.6) is 5.75 Å². The summed E-state index contributed by atoms with van der Waals surface area (Å²) in [4.78, 5) is 14.2. The minimum Gasteiger partial charge on any atom is -0.494 e. The van der Waals surface area contributed by atoms with Gasteiger partial charge in [0, 0.05) is 24.3 Å². The third-order valence-corrected chi connectivity index (χ3v) is 3.42. The van der Waals surface area contributed by atoms with E-state index in [2.05, 4.69) is 5.32 Å². The lowest BCUT2D eigenvalue weighted by Gasteiger charge is -2.33. The van der Waals surface area contributed by atoms with E-state index in [1.54, 1.807) is 17.0 Å². The molecule has 1 heterocycles. The number of rotatable bonds is 4. The van der Waals surface area contributed by atoms with E-state index in [0.717, 1.165) is 12.8 Å². The molecule has 1 N–H and O–H groups in total. The standard InChI is InChI=1S/C15H21FN2O2/c1-10(2)17-13-5-4-8-18(15(13)19)11-6-7-12(16)14(9-11)20-3/h6-7,9-10,13,17H,4-5,8H2,1-3H3. The molecule has 110 valence electrons. The summed E-state index contributed by atoms with van der Waals surface area (Å²) < 4.78 is 18.4. The van der Waals surface area contributed by atoms with Crippen LogP contribution in [-0.2, 0) is 4.79 Å². The molecule has 1 aliphatic rings. The molecule has 1 aliphatic heterocycles. The van der Waals surface area contributed by atoms with Crippen molar-refractivity contribution in [3.8, 4) is 5.75 Å². The number of hydrogen-bond acceptors (Lipinski definition) is 3. The number of carbonyl (C=O) groups excluding carboxylic acids is 1. The second-order valence-corrected chi connectivity index (χ2v) is 5.32. The van der Waals surface area contributed by atoms with Gasteiger partial charge in [0.15, 0.2) is 11.6 Å². The van der Waals surface area contributed by atoms with Crippen LogP contribution >= 0.6 is 0 Å². The van der Waals surface area contributed by atoms with E-state index in [9.17, 15) is 9.18 Å². The number of piperidine rings is 1. The van der Waals surface area contributed by atoms with Gasteiger partial charge in [-0.1, -0.05) is 13.8 Å². The molecule has 1 unspecified atom stereocenters. The highest BCUT2D eigenvalue weighted by atomic mass is 19.1. The predicted molar refractivity (Wildman–Crippen MR) is 76.6 cm³/mol. The topological polar surface area (TPSA) is 41.6 Å². The molecule has 0 radical (unpaired) electrons. The summed E-state index contributed by atoms with van der Waals surface area (Å²) in [7, 11) is 1.42. The first kappa shape index (κ1) is 14.8. The largest absolute Gasteiger partial charge is 0.494 e. The maximum absolute atomic E-state index is 13.4. The van der Waals surface area contributed by atoms with Gasteiger partial charge in [0.25, 0.3) is 0 Å². The molecule has 1 saturated heterocycles. The number of nitrogens with zero attached hydrogens (tertiary/aromatic N) is 1. The van der Waals surface area contributed by atoms with E-state index in [-0.39, 0.29) is 23.7 Å². The van der Waals surface area contributed by atoms with E-state index in [0.29, 0.717) is 12.2 Å². The van der Waals surface area contributed by atoms with E-state index in [1.807, 2.05) is 13.8 Å². The lowest BCUT2D eigenvalue weighted by Crippen LogP contribution is -2.52. The molecular formula is C15H21FN2O2. The van der Waals surface area contributed by atoms with Gasteiger partial charge in [-0.3, -0.25) is 4.79 Å². The maximum Gasteiger partial charge on any atom is 0.244 e. The van der Waals surface area contributed by atoms with Crippen molar-refractivity contribution in [3.05, 3.63) is 24.0 Å². The Balaban J connectivity index is 2.21. The van der Waals surface area contributed by atoms with E-state index in [4.69, 9.17) is 4.74 Å². The minimum absolute atomic E-state index is 0.0404. The Hall–Kier alpha value is -1.62. The quantitative estimate of drug-likeness (QED) is 0.920. The van der Waals surface area contributed by atoms with Gasteiger partial charge in [0.2, 0.25) is 5.91 Å². The Morgan fingerprint density at radius 2 is 2.20 bits per heavy atom. The highest BCUT2D eigenvalue weighted by Gasteiger charge is 2.30. The van der Waals surface area contributed by atoms with Gasteiger partial charge in [-0.25, -0.2) is 4.39 Å². The summed E-state index contributed by atoms with van der Waals surface area (Å²) in [5.41, 5.74) is 0.684. The summed E-state index contributed by atoms with van der Waals surface area (Å²) in [5, 5.41) is 3.27. The molecule has 0 aromatic heterocycles. The van der Waals surface area contributed by atoms with Gasteiger partial charge in [-0.2, -0.15) is 0 Å². The summed E-state index contributed by atoms with van der Waals surface area (Å²) in [6.45, 7) is 4.70. The molecular weight excluding hydrogens is 259 g/mol. The van der Waals surface area contributed by atoms with Crippen LogP contribution in [0.4, 0.5) is 10.1 Å². The minimum atomic E-state index is -0.419. The number of nitrogens with one attached hydrogen (secondary N) is 1. The van der Waals surface area contributed by atoms with Crippen LogP contribution in [0.25, 0.3) is 0 Å². The average Bonchev–Trinajstić information content (AvgIpc) is 2.41. The number of hydrogen-bond donors (Lipinski definition) is 1. The fraction of sp³-hybridized carbons (Fsp3) is 0.533. The van der Waals surface area contributed by atoms with Crippen molar-refractivity contribution < 1.29 is 13.9 Å². The highest BCUT2D eigenvalue weighted by Crippen LogP contribution is 2.27. The molecule has 0 bridgehead atoms. The van der Waals surface area contributed by atoms with Gasteiger partial charge in [-0.15, -0.1) is 0 Å². The molecule has 5 heteroatoms. The Labute approximate surface area is 118 Å². The highest BCUT2D eigenvalue weighted by molar-refractivity contribution is 5.98. The number of carbonyl (C=O) groups is 1. The van der Waals surface area contributed by atoms with Crippen LogP contribution in [0.15, 0.2) is 18.2 Å². The SMILES string of the molecule is COc1cc(N2CCCC(NC(C)C)C2=O)ccc1F. The van der Waals surface area contributed by atoms with Crippen LogP contribution in [0.1, 0.15) is 26.7 Å². The summed E-state index contributed by atoms with van der Waals surface area (Å²) in [6, 6.07) is 4.62. The van der Waals surface area contributed by atoms with Gasteiger partial charge in [-0.05, 0) is 25.0 Å². The van der Waals surface area contributed by atoms with Crippen LogP contribution < -0.4 is 15.0 Å². The molecule has 0 aliphatic carbocycles. The number of anilines is 1. The van der Waals surface area contributed by atoms with Crippen LogP contribution in [0.2, 0.25) is 0 Å². The second-order valence-electron chi connectivity index (χ2n) is 5.32. The monoisotopic (exact) mass is 280 g/mol. The first-order valence-corrected chi connectivity index (χ1v) is 6.94. The first-order valence-electron chi connectivity index (χ1n) is 6.94. The summed E-state index contributed by atoms with van der Waals surface area (Å²) in [5.74, 6) is -0.217. The van der Waals surface area contributed by atoms with Gasteiger partial charge < -0.3 is 15.0 Å². The number of methoxy groups -OCH3 is 1. The normalized spacial score (nSPS) is 19.6. The second kappa shape index (κ2) is 6.22. The number of halogens is 1. The number of benzene rings is 1. The lowest BCUT2D eigenvalue weighted by molar-refractivity contribution is -0.121. The van der Waals surface area contributed by atoms with E-state index in [1.165, 1.54) is 13.2 Å². The van der Waals surface area contributed by atoms with Crippen molar-refractivity contribution in [1.29, 1.82) is 0 Å². The van der Waals surface area contributed by atoms with Crippen LogP contribution in [0, 0.1) is 5.82 Å². The third-order valence-electron chi connectivity index (χ3n) is 3.42. The third kappa shape index (κ3) is 3.10. The van der Waals surface area contributed by atoms with E-state index < -0.39 is 5.82 Å². The van der Waals surface area contributed by atoms with Crippen molar-refractivity contribution in [2.45, 2.75) is 38.8 Å². The summed E-state index contributed by atoms with van der Waals surface area (Å²) >= 11 is 0. The molecule has 1 amide bonds. The molecule has 0 spiro atoms. The fourth-order valence-electron chi connectivity index (χ4n) is 2.51. The lowest BCUT2D eigenvalue weighted by atomic mass is 10.0. The van der Waals surface area contributed by atoms with Gasteiger partial charge in [0.05, 0.1) is 13.2 Å². The fourth-order valence-corrected chi connectivity index (χ4v) is 2.51. The Morgan fingerprint density at radius 1 is 1.45 bits per heavy atom. The molecule has 0 saturated carbocycles. The van der Waals surface area contributed by atoms with Crippen LogP contribution in [-0.4, -0.2) is 31.6 Å². The molecule has 1 aromatic carbocycles. The molecule has 1 atom stereocenters. The summed E-state index contributed by atoms with van der Waals surface area (Å²) in [6.07, 6.45) is 1.77. The van der Waals surface area contributed by atoms with Crippen LogP contribution in [0.3, 0.4) is 0 Å².